The van der Waals surface area contributed by atoms with E-state index >= 15 is 0 Å². The van der Waals surface area contributed by atoms with Gasteiger partial charge < -0.3 is 15.4 Å². The van der Waals surface area contributed by atoms with Gasteiger partial charge in [0.05, 0.1) is 6.61 Å². The third-order valence-corrected chi connectivity index (χ3v) is 1.42. The van der Waals surface area contributed by atoms with Crippen molar-refractivity contribution in [3.63, 3.8) is 0 Å². The SMILES string of the molecule is CCOC(=O)NCC(C)CNC. The van der Waals surface area contributed by atoms with Gasteiger partial charge in [-0.1, -0.05) is 6.92 Å². The largest absolute Gasteiger partial charge is 0.450 e. The molecule has 1 unspecified atom stereocenters. The molecule has 0 heterocycles. The molecule has 0 aromatic rings. The Morgan fingerprint density at radius 1 is 1.50 bits per heavy atom. The zero-order valence-electron chi connectivity index (χ0n) is 8.02. The molecule has 2 N–H and O–H groups in total. The van der Waals surface area contributed by atoms with E-state index in [4.69, 9.17) is 4.74 Å². The van der Waals surface area contributed by atoms with Crippen molar-refractivity contribution in [1.29, 1.82) is 0 Å². The molecular formula is C8H18N2O2. The molecule has 0 rings (SSSR count). The fourth-order valence-corrected chi connectivity index (χ4v) is 0.860. The third kappa shape index (κ3) is 5.97. The lowest BCUT2D eigenvalue weighted by Crippen LogP contribution is -2.32. The number of carbonyl (C=O) groups is 1. The van der Waals surface area contributed by atoms with Gasteiger partial charge in [-0.05, 0) is 26.4 Å². The first-order chi connectivity index (χ1) is 5.70. The van der Waals surface area contributed by atoms with Crippen LogP contribution in [0.1, 0.15) is 13.8 Å². The highest BCUT2D eigenvalue weighted by molar-refractivity contribution is 5.66. The van der Waals surface area contributed by atoms with Gasteiger partial charge in [-0.2, -0.15) is 0 Å². The summed E-state index contributed by atoms with van der Waals surface area (Å²) < 4.78 is 4.70. The van der Waals surface area contributed by atoms with E-state index in [1.165, 1.54) is 0 Å². The number of alkyl carbamates (subject to hydrolysis) is 1. The maximum atomic E-state index is 10.8. The number of hydrogen-bond donors (Lipinski definition) is 2. The second kappa shape index (κ2) is 6.91. The van der Waals surface area contributed by atoms with Gasteiger partial charge in [-0.25, -0.2) is 4.79 Å². The molecule has 4 heteroatoms. The molecule has 0 saturated carbocycles. The molecule has 1 atom stereocenters. The van der Waals surface area contributed by atoms with E-state index in [2.05, 4.69) is 17.6 Å². The summed E-state index contributed by atoms with van der Waals surface area (Å²) in [5.41, 5.74) is 0. The molecule has 0 bridgehead atoms. The normalized spacial score (nSPS) is 12.2. The van der Waals surface area contributed by atoms with Crippen LogP contribution in [0.2, 0.25) is 0 Å². The number of amides is 1. The van der Waals surface area contributed by atoms with Crippen molar-refractivity contribution in [3.05, 3.63) is 0 Å². The van der Waals surface area contributed by atoms with Crippen molar-refractivity contribution in [2.24, 2.45) is 5.92 Å². The third-order valence-electron chi connectivity index (χ3n) is 1.42. The summed E-state index contributed by atoms with van der Waals surface area (Å²) >= 11 is 0. The fraction of sp³-hybridized carbons (Fsp3) is 0.875. The van der Waals surface area contributed by atoms with Crippen molar-refractivity contribution in [1.82, 2.24) is 10.6 Å². The van der Waals surface area contributed by atoms with Crippen LogP contribution >= 0.6 is 0 Å². The Bertz CT molecular complexity index is 128. The van der Waals surface area contributed by atoms with Crippen LogP contribution in [0.15, 0.2) is 0 Å². The highest BCUT2D eigenvalue weighted by Gasteiger charge is 2.03. The van der Waals surface area contributed by atoms with Gasteiger partial charge in [0.15, 0.2) is 0 Å². The number of ether oxygens (including phenoxy) is 1. The minimum absolute atomic E-state index is 0.333. The van der Waals surface area contributed by atoms with Crippen molar-refractivity contribution in [3.8, 4) is 0 Å². The molecule has 0 aromatic carbocycles. The molecule has 4 nitrogen and oxygen atoms in total. The summed E-state index contributed by atoms with van der Waals surface area (Å²) in [6, 6.07) is 0. The van der Waals surface area contributed by atoms with Gasteiger partial charge in [0.2, 0.25) is 0 Å². The fourth-order valence-electron chi connectivity index (χ4n) is 0.860. The van der Waals surface area contributed by atoms with Crippen LogP contribution in [-0.4, -0.2) is 32.8 Å². The van der Waals surface area contributed by atoms with Crippen molar-refractivity contribution >= 4 is 6.09 Å². The van der Waals surface area contributed by atoms with E-state index in [9.17, 15) is 4.79 Å². The predicted molar refractivity (Wildman–Crippen MR) is 48.1 cm³/mol. The Morgan fingerprint density at radius 3 is 2.67 bits per heavy atom. The lowest BCUT2D eigenvalue weighted by molar-refractivity contribution is 0.150. The highest BCUT2D eigenvalue weighted by atomic mass is 16.5. The summed E-state index contributed by atoms with van der Waals surface area (Å²) in [6.07, 6.45) is -0.333. The molecule has 0 saturated heterocycles. The minimum atomic E-state index is -0.333. The van der Waals surface area contributed by atoms with Gasteiger partial charge in [-0.3, -0.25) is 0 Å². The Labute approximate surface area is 73.7 Å². The molecule has 72 valence electrons. The maximum absolute atomic E-state index is 10.8. The molecule has 0 aliphatic heterocycles. The molecule has 0 aliphatic carbocycles. The number of hydrogen-bond acceptors (Lipinski definition) is 3. The number of nitrogens with one attached hydrogen (secondary N) is 2. The maximum Gasteiger partial charge on any atom is 0.407 e. The Hall–Kier alpha value is -0.770. The average molecular weight is 174 g/mol. The number of carbonyl (C=O) groups excluding carboxylic acids is 1. The van der Waals surface area contributed by atoms with Crippen molar-refractivity contribution < 1.29 is 9.53 Å². The zero-order valence-corrected chi connectivity index (χ0v) is 8.02. The van der Waals surface area contributed by atoms with E-state index in [1.807, 2.05) is 7.05 Å². The van der Waals surface area contributed by atoms with E-state index in [0.717, 1.165) is 6.54 Å². The lowest BCUT2D eigenvalue weighted by Gasteiger charge is -2.11. The second-order valence-corrected chi connectivity index (χ2v) is 2.76. The Kier molecular flexibility index (Phi) is 6.47. The van der Waals surface area contributed by atoms with Gasteiger partial charge in [-0.15, -0.1) is 0 Å². The van der Waals surface area contributed by atoms with Gasteiger partial charge >= 0.3 is 6.09 Å². The quantitative estimate of drug-likeness (QED) is 0.641. The molecule has 1 amide bonds. The standard InChI is InChI=1S/C8H18N2O2/c1-4-12-8(11)10-6-7(2)5-9-3/h7,9H,4-6H2,1-3H3,(H,10,11). The second-order valence-electron chi connectivity index (χ2n) is 2.76. The topological polar surface area (TPSA) is 50.4 Å². The van der Waals surface area contributed by atoms with Crippen LogP contribution in [0.4, 0.5) is 4.79 Å². The van der Waals surface area contributed by atoms with Crippen LogP contribution in [0.25, 0.3) is 0 Å². The highest BCUT2D eigenvalue weighted by Crippen LogP contribution is 1.89. The van der Waals surface area contributed by atoms with Crippen LogP contribution in [-0.2, 0) is 4.74 Å². The van der Waals surface area contributed by atoms with Crippen LogP contribution in [0, 0.1) is 5.92 Å². The van der Waals surface area contributed by atoms with E-state index in [-0.39, 0.29) is 6.09 Å². The molecule has 0 fully saturated rings. The van der Waals surface area contributed by atoms with E-state index in [0.29, 0.717) is 19.1 Å². The molecule has 0 aromatic heterocycles. The van der Waals surface area contributed by atoms with Crippen molar-refractivity contribution in [2.45, 2.75) is 13.8 Å². The predicted octanol–water partition coefficient (Wildman–Crippen LogP) is 0.588. The first kappa shape index (κ1) is 11.2. The van der Waals surface area contributed by atoms with E-state index in [1.54, 1.807) is 6.92 Å². The summed E-state index contributed by atoms with van der Waals surface area (Å²) in [5, 5.41) is 5.70. The first-order valence-corrected chi connectivity index (χ1v) is 4.25. The van der Waals surface area contributed by atoms with Gasteiger partial charge in [0.1, 0.15) is 0 Å². The summed E-state index contributed by atoms with van der Waals surface area (Å²) in [5.74, 6) is 0.430. The average Bonchev–Trinajstić information content (AvgIpc) is 2.02. The molecular weight excluding hydrogens is 156 g/mol. The zero-order chi connectivity index (χ0) is 9.40. The van der Waals surface area contributed by atoms with Crippen LogP contribution in [0.3, 0.4) is 0 Å². The summed E-state index contributed by atoms with van der Waals surface area (Å²) in [7, 11) is 1.89. The monoisotopic (exact) mass is 174 g/mol. The molecule has 0 spiro atoms. The summed E-state index contributed by atoms with van der Waals surface area (Å²) in [6.45, 7) is 5.82. The Balaban J connectivity index is 3.33. The van der Waals surface area contributed by atoms with Crippen molar-refractivity contribution in [2.75, 3.05) is 26.7 Å². The minimum Gasteiger partial charge on any atom is -0.450 e. The Morgan fingerprint density at radius 2 is 2.17 bits per heavy atom. The molecule has 0 aliphatic rings. The van der Waals surface area contributed by atoms with Crippen LogP contribution in [0.5, 0.6) is 0 Å². The van der Waals surface area contributed by atoms with E-state index < -0.39 is 0 Å². The van der Waals surface area contributed by atoms with Gasteiger partial charge in [0, 0.05) is 6.54 Å². The first-order valence-electron chi connectivity index (χ1n) is 4.25. The lowest BCUT2D eigenvalue weighted by atomic mass is 10.2. The summed E-state index contributed by atoms with van der Waals surface area (Å²) in [4.78, 5) is 10.8. The van der Waals surface area contributed by atoms with Gasteiger partial charge in [0.25, 0.3) is 0 Å². The number of rotatable bonds is 5. The molecule has 0 radical (unpaired) electrons. The smallest absolute Gasteiger partial charge is 0.407 e. The molecule has 12 heavy (non-hydrogen) atoms. The van der Waals surface area contributed by atoms with Crippen LogP contribution < -0.4 is 10.6 Å².